The van der Waals surface area contributed by atoms with Crippen molar-refractivity contribution in [3.05, 3.63) is 70.8 Å². The summed E-state index contributed by atoms with van der Waals surface area (Å²) in [5, 5.41) is 21.6. The molecule has 0 aromatic heterocycles. The van der Waals surface area contributed by atoms with Crippen LogP contribution in [0.25, 0.3) is 0 Å². The number of amides is 3. The molecule has 2 heterocycles. The van der Waals surface area contributed by atoms with Crippen LogP contribution in [0.15, 0.2) is 42.5 Å². The van der Waals surface area contributed by atoms with Crippen LogP contribution in [0, 0.1) is 23.0 Å². The number of rotatable bonds is 7. The normalized spacial score (nSPS) is 20.7. The van der Waals surface area contributed by atoms with Crippen molar-refractivity contribution in [3.63, 3.8) is 0 Å². The first-order valence-corrected chi connectivity index (χ1v) is 12.0. The van der Waals surface area contributed by atoms with Gasteiger partial charge in [0.25, 0.3) is 0 Å². The molecule has 2 aliphatic rings. The lowest BCUT2D eigenvalue weighted by Gasteiger charge is -2.32. The topological polar surface area (TPSA) is 106 Å². The van der Waals surface area contributed by atoms with E-state index in [1.54, 1.807) is 0 Å². The maximum absolute atomic E-state index is 13.8. The van der Waals surface area contributed by atoms with Gasteiger partial charge in [0, 0.05) is 6.54 Å². The van der Waals surface area contributed by atoms with Gasteiger partial charge in [-0.1, -0.05) is 24.3 Å². The van der Waals surface area contributed by atoms with Gasteiger partial charge in [-0.3, -0.25) is 0 Å². The monoisotopic (exact) mass is 498 g/mol. The molecule has 2 fully saturated rings. The number of halogens is 2. The van der Waals surface area contributed by atoms with E-state index in [0.29, 0.717) is 18.9 Å². The molecule has 2 aromatic rings. The van der Waals surface area contributed by atoms with E-state index in [2.05, 4.69) is 16.3 Å². The molecule has 0 aliphatic carbocycles. The minimum absolute atomic E-state index is 0.148. The zero-order chi connectivity index (χ0) is 25.7. The van der Waals surface area contributed by atoms with Gasteiger partial charge in [-0.2, -0.15) is 5.26 Å². The molecule has 0 bridgehead atoms. The van der Waals surface area contributed by atoms with Crippen LogP contribution in [0.1, 0.15) is 47.9 Å². The van der Waals surface area contributed by atoms with Crippen molar-refractivity contribution in [1.82, 2.24) is 15.1 Å². The molecule has 3 amide bonds. The van der Waals surface area contributed by atoms with E-state index in [9.17, 15) is 28.7 Å². The van der Waals surface area contributed by atoms with E-state index in [1.165, 1.54) is 6.07 Å². The maximum atomic E-state index is 13.8. The molecule has 2 atom stereocenters. The number of carbonyl (C=O) groups excluding carboxylic acids is 2. The Balaban J connectivity index is 1.27. The number of aliphatic hydroxyl groups is 1. The number of cyclic esters (lactones) is 1. The van der Waals surface area contributed by atoms with Crippen molar-refractivity contribution in [2.45, 2.75) is 37.3 Å². The summed E-state index contributed by atoms with van der Waals surface area (Å²) in [5.41, 5.74) is 1.97. The maximum Gasteiger partial charge on any atom is 0.419 e. The lowest BCUT2D eigenvalue weighted by Crippen LogP contribution is -2.44. The fraction of sp³-hybridized carbons (Fsp3) is 0.423. The van der Waals surface area contributed by atoms with E-state index in [-0.39, 0.29) is 5.56 Å². The largest absolute Gasteiger partial charge is 0.441 e. The number of nitrogens with one attached hydrogen (secondary N) is 1. The number of nitrogens with zero attached hydrogens (tertiary/aromatic N) is 3. The number of carbonyl (C=O) groups is 2. The van der Waals surface area contributed by atoms with Crippen molar-refractivity contribution in [1.29, 1.82) is 5.26 Å². The lowest BCUT2D eigenvalue weighted by atomic mass is 9.87. The van der Waals surface area contributed by atoms with E-state index in [0.717, 1.165) is 60.6 Å². The van der Waals surface area contributed by atoms with Crippen LogP contribution < -0.4 is 5.32 Å². The van der Waals surface area contributed by atoms with Gasteiger partial charge in [-0.15, -0.1) is 0 Å². The summed E-state index contributed by atoms with van der Waals surface area (Å²) in [7, 11) is 0. The number of piperidine rings is 1. The van der Waals surface area contributed by atoms with Crippen LogP contribution in [0.4, 0.5) is 18.4 Å². The molecule has 2 saturated heterocycles. The highest BCUT2D eigenvalue weighted by molar-refractivity contribution is 5.93. The van der Waals surface area contributed by atoms with Crippen molar-refractivity contribution in [2.75, 3.05) is 32.8 Å². The number of ether oxygens (including phenoxy) is 1. The number of hydrogen-bond donors (Lipinski definition) is 2. The third-order valence-corrected chi connectivity index (χ3v) is 6.80. The standard InChI is InChI=1S/C26H28F2N4O4/c27-21-7-6-18(14-22(21)28)24-23(16-33)36-26(35)32(24)25(34)30-10-3-11-31-12-8-17(9-13-31)20-5-2-1-4-19(20)15-29/h1-2,4-7,14,17,23-24,33H,3,8-13,16H2,(H,30,34)/t23-,24-/m0/s1. The molecule has 0 saturated carbocycles. The van der Waals surface area contributed by atoms with Gasteiger partial charge in [0.1, 0.15) is 6.04 Å². The van der Waals surface area contributed by atoms with E-state index in [4.69, 9.17) is 4.74 Å². The Morgan fingerprint density at radius 1 is 1.17 bits per heavy atom. The summed E-state index contributed by atoms with van der Waals surface area (Å²) in [5.74, 6) is -1.83. The highest BCUT2D eigenvalue weighted by Crippen LogP contribution is 2.34. The van der Waals surface area contributed by atoms with Crippen LogP contribution in [-0.4, -0.2) is 65.9 Å². The van der Waals surface area contributed by atoms with Crippen LogP contribution >= 0.6 is 0 Å². The second-order valence-electron chi connectivity index (χ2n) is 8.99. The Bertz CT molecular complexity index is 1150. The highest BCUT2D eigenvalue weighted by Gasteiger charge is 2.46. The van der Waals surface area contributed by atoms with E-state index in [1.807, 2.05) is 24.3 Å². The van der Waals surface area contributed by atoms with Crippen LogP contribution in [0.5, 0.6) is 0 Å². The molecule has 8 nitrogen and oxygen atoms in total. The zero-order valence-electron chi connectivity index (χ0n) is 19.7. The summed E-state index contributed by atoms with van der Waals surface area (Å²) in [6, 6.07) is 11.2. The predicted molar refractivity (Wildman–Crippen MR) is 126 cm³/mol. The molecule has 0 spiro atoms. The second kappa shape index (κ2) is 11.5. The molecule has 10 heteroatoms. The molecular formula is C26H28F2N4O4. The summed E-state index contributed by atoms with van der Waals surface area (Å²) < 4.78 is 32.2. The lowest BCUT2D eigenvalue weighted by molar-refractivity contribution is 0.0827. The van der Waals surface area contributed by atoms with Gasteiger partial charge >= 0.3 is 12.1 Å². The predicted octanol–water partition coefficient (Wildman–Crippen LogP) is 3.67. The molecule has 190 valence electrons. The van der Waals surface area contributed by atoms with Crippen molar-refractivity contribution >= 4 is 12.1 Å². The first kappa shape index (κ1) is 25.5. The number of aliphatic hydroxyl groups excluding tert-OH is 1. The highest BCUT2D eigenvalue weighted by atomic mass is 19.2. The molecular weight excluding hydrogens is 470 g/mol. The minimum Gasteiger partial charge on any atom is -0.441 e. The van der Waals surface area contributed by atoms with Crippen LogP contribution in [0.3, 0.4) is 0 Å². The fourth-order valence-corrected chi connectivity index (χ4v) is 4.94. The van der Waals surface area contributed by atoms with Crippen molar-refractivity contribution in [2.24, 2.45) is 0 Å². The van der Waals surface area contributed by atoms with E-state index < -0.39 is 42.5 Å². The Labute approximate surface area is 208 Å². The molecule has 4 rings (SSSR count). The van der Waals surface area contributed by atoms with Gasteiger partial charge in [0.15, 0.2) is 17.7 Å². The first-order valence-electron chi connectivity index (χ1n) is 12.0. The summed E-state index contributed by atoms with van der Waals surface area (Å²) in [6.07, 6.45) is 0.501. The molecule has 2 aromatic carbocycles. The van der Waals surface area contributed by atoms with Gasteiger partial charge < -0.3 is 20.1 Å². The van der Waals surface area contributed by atoms with E-state index >= 15 is 0 Å². The van der Waals surface area contributed by atoms with Gasteiger partial charge in [-0.05, 0) is 74.1 Å². The molecule has 2 aliphatic heterocycles. The molecule has 36 heavy (non-hydrogen) atoms. The number of likely N-dealkylation sites (tertiary alicyclic amines) is 1. The Kier molecular flexibility index (Phi) is 8.13. The first-order chi connectivity index (χ1) is 17.4. The van der Waals surface area contributed by atoms with Gasteiger partial charge in [0.2, 0.25) is 0 Å². The summed E-state index contributed by atoms with van der Waals surface area (Å²) >= 11 is 0. The molecule has 2 N–H and O–H groups in total. The smallest absolute Gasteiger partial charge is 0.419 e. The fourth-order valence-electron chi connectivity index (χ4n) is 4.94. The number of urea groups is 1. The quantitative estimate of drug-likeness (QED) is 0.565. The second-order valence-corrected chi connectivity index (χ2v) is 8.99. The molecule has 0 radical (unpaired) electrons. The Morgan fingerprint density at radius 2 is 1.92 bits per heavy atom. The summed E-state index contributed by atoms with van der Waals surface area (Å²) in [6.45, 7) is 2.24. The third kappa shape index (κ3) is 5.48. The number of imide groups is 1. The van der Waals surface area contributed by atoms with Gasteiger partial charge in [-0.25, -0.2) is 23.3 Å². The minimum atomic E-state index is -1.12. The number of nitriles is 1. The van der Waals surface area contributed by atoms with Crippen LogP contribution in [0.2, 0.25) is 0 Å². The number of benzene rings is 2. The zero-order valence-corrected chi connectivity index (χ0v) is 19.7. The third-order valence-electron chi connectivity index (χ3n) is 6.80. The summed E-state index contributed by atoms with van der Waals surface area (Å²) in [4.78, 5) is 28.2. The Hall–Kier alpha value is -3.55. The molecule has 0 unspecified atom stereocenters. The number of hydrogen-bond acceptors (Lipinski definition) is 6. The van der Waals surface area contributed by atoms with Crippen LogP contribution in [-0.2, 0) is 4.74 Å². The average Bonchev–Trinajstić information content (AvgIpc) is 3.24. The Morgan fingerprint density at radius 3 is 2.61 bits per heavy atom. The van der Waals surface area contributed by atoms with Gasteiger partial charge in [0.05, 0.1) is 18.2 Å². The SMILES string of the molecule is N#Cc1ccccc1C1CCN(CCCNC(=O)N2C(=O)O[C@@H](CO)[C@@H]2c2ccc(F)c(F)c2)CC1. The average molecular weight is 499 g/mol. The van der Waals surface area contributed by atoms with Crippen molar-refractivity contribution in [3.8, 4) is 6.07 Å². The van der Waals surface area contributed by atoms with Crippen molar-refractivity contribution < 1.29 is 28.2 Å².